The first kappa shape index (κ1) is 12.5. The predicted molar refractivity (Wildman–Crippen MR) is 78.6 cm³/mol. The summed E-state index contributed by atoms with van der Waals surface area (Å²) in [5, 5.41) is 0.871. The summed E-state index contributed by atoms with van der Waals surface area (Å²) in [5.41, 5.74) is 0.229. The Balaban J connectivity index is 2.01. The van der Waals surface area contributed by atoms with E-state index < -0.39 is 0 Å². The molecule has 3 unspecified atom stereocenters. The Morgan fingerprint density at radius 1 is 1.33 bits per heavy atom. The third-order valence-corrected chi connectivity index (χ3v) is 4.07. The molecule has 2 aromatic rings. The van der Waals surface area contributed by atoms with Crippen molar-refractivity contribution in [3.05, 3.63) is 64.2 Å². The lowest BCUT2D eigenvalue weighted by Gasteiger charge is -2.31. The first-order chi connectivity index (χ1) is 10.2. The molecule has 0 spiro atoms. The molecule has 1 aromatic carbocycles. The lowest BCUT2D eigenvalue weighted by molar-refractivity contribution is 0.0357. The molecule has 3 heterocycles. The predicted octanol–water partition coefficient (Wildman–Crippen LogP) is 3.59. The van der Waals surface area contributed by atoms with E-state index in [-0.39, 0.29) is 29.3 Å². The van der Waals surface area contributed by atoms with Gasteiger partial charge in [0.25, 0.3) is 0 Å². The number of rotatable bonds is 1. The van der Waals surface area contributed by atoms with Crippen LogP contribution in [0.3, 0.4) is 0 Å². The zero-order chi connectivity index (χ0) is 14.6. The van der Waals surface area contributed by atoms with Crippen LogP contribution in [0.2, 0.25) is 5.02 Å². The Morgan fingerprint density at radius 2 is 2.19 bits per heavy atom. The fourth-order valence-corrected chi connectivity index (χ4v) is 2.99. The molecule has 2 aliphatic rings. The van der Waals surface area contributed by atoms with Crippen LogP contribution in [-0.2, 0) is 4.74 Å². The number of fused-ring (bicyclic) bond motifs is 4. The van der Waals surface area contributed by atoms with E-state index in [2.05, 4.69) is 6.58 Å². The van der Waals surface area contributed by atoms with Gasteiger partial charge in [-0.05, 0) is 24.3 Å². The highest BCUT2D eigenvalue weighted by molar-refractivity contribution is 6.31. The van der Waals surface area contributed by atoms with Gasteiger partial charge in [0, 0.05) is 5.02 Å². The van der Waals surface area contributed by atoms with E-state index in [1.165, 1.54) is 0 Å². The molecule has 0 saturated heterocycles. The second-order valence-electron chi connectivity index (χ2n) is 5.05. The van der Waals surface area contributed by atoms with E-state index >= 15 is 0 Å². The molecule has 0 amide bonds. The van der Waals surface area contributed by atoms with Crippen LogP contribution in [0.1, 0.15) is 11.9 Å². The molecular weight excluding hydrogens is 292 g/mol. The smallest absolute Gasteiger partial charge is 0.235 e. The highest BCUT2D eigenvalue weighted by Crippen LogP contribution is 2.44. The molecule has 3 atom stereocenters. The van der Waals surface area contributed by atoms with Crippen molar-refractivity contribution in [2.75, 3.05) is 0 Å². The maximum Gasteiger partial charge on any atom is 0.235 e. The average molecular weight is 303 g/mol. The van der Waals surface area contributed by atoms with Gasteiger partial charge in [-0.15, -0.1) is 0 Å². The van der Waals surface area contributed by atoms with Crippen LogP contribution in [0.5, 0.6) is 5.75 Å². The van der Waals surface area contributed by atoms with Crippen molar-refractivity contribution in [3.63, 3.8) is 0 Å². The molecule has 0 N–H and O–H groups in total. The molecule has 4 nitrogen and oxygen atoms in total. The topological polar surface area (TPSA) is 48.7 Å². The summed E-state index contributed by atoms with van der Waals surface area (Å²) in [5.74, 6) is 0.561. The summed E-state index contributed by atoms with van der Waals surface area (Å²) in [4.78, 5) is 12.6. The summed E-state index contributed by atoms with van der Waals surface area (Å²) in [6.45, 7) is 3.76. The monoisotopic (exact) mass is 302 g/mol. The van der Waals surface area contributed by atoms with Gasteiger partial charge in [-0.3, -0.25) is 4.79 Å². The number of hydrogen-bond donors (Lipinski definition) is 0. The molecule has 21 heavy (non-hydrogen) atoms. The van der Waals surface area contributed by atoms with Crippen LogP contribution < -0.4 is 10.2 Å². The lowest BCUT2D eigenvalue weighted by atomic mass is 9.92. The Labute approximate surface area is 125 Å². The van der Waals surface area contributed by atoms with Gasteiger partial charge in [0.05, 0.1) is 17.6 Å². The highest BCUT2D eigenvalue weighted by atomic mass is 35.5. The number of hydrogen-bond acceptors (Lipinski definition) is 4. The molecule has 0 saturated carbocycles. The van der Waals surface area contributed by atoms with Crippen LogP contribution in [-0.4, -0.2) is 6.10 Å². The first-order valence-corrected chi connectivity index (χ1v) is 6.94. The van der Waals surface area contributed by atoms with Gasteiger partial charge in [0.2, 0.25) is 11.2 Å². The second-order valence-corrected chi connectivity index (χ2v) is 5.48. The van der Waals surface area contributed by atoms with E-state index in [4.69, 9.17) is 25.5 Å². The number of benzene rings is 1. The van der Waals surface area contributed by atoms with Crippen molar-refractivity contribution >= 4 is 22.6 Å². The summed E-state index contributed by atoms with van der Waals surface area (Å²) in [6.07, 6.45) is 4.49. The van der Waals surface area contributed by atoms with Crippen LogP contribution in [0.4, 0.5) is 0 Å². The summed E-state index contributed by atoms with van der Waals surface area (Å²) in [7, 11) is 0. The van der Waals surface area contributed by atoms with E-state index in [1.807, 2.05) is 6.08 Å². The SMILES string of the molecule is C=CC1Oc2c(oc3ccc(Cl)cc3c2=O)C2OC=CC12. The van der Waals surface area contributed by atoms with E-state index in [9.17, 15) is 4.79 Å². The fraction of sp³-hybridized carbons (Fsp3) is 0.188. The van der Waals surface area contributed by atoms with Gasteiger partial charge in [-0.25, -0.2) is 0 Å². The third kappa shape index (κ3) is 1.72. The molecule has 0 aliphatic carbocycles. The summed E-state index contributed by atoms with van der Waals surface area (Å²) in [6, 6.07) is 4.94. The van der Waals surface area contributed by atoms with Crippen LogP contribution >= 0.6 is 11.6 Å². The van der Waals surface area contributed by atoms with Crippen LogP contribution in [0, 0.1) is 5.92 Å². The van der Waals surface area contributed by atoms with Crippen molar-refractivity contribution in [1.29, 1.82) is 0 Å². The largest absolute Gasteiger partial charge is 0.489 e. The van der Waals surface area contributed by atoms with Crippen molar-refractivity contribution in [2.45, 2.75) is 12.2 Å². The van der Waals surface area contributed by atoms with Crippen molar-refractivity contribution in [1.82, 2.24) is 0 Å². The van der Waals surface area contributed by atoms with E-state index in [0.29, 0.717) is 21.8 Å². The summed E-state index contributed by atoms with van der Waals surface area (Å²) < 4.78 is 17.2. The Kier molecular flexibility index (Phi) is 2.62. The molecule has 0 fully saturated rings. The minimum Gasteiger partial charge on any atom is -0.489 e. The second kappa shape index (κ2) is 4.40. The van der Waals surface area contributed by atoms with Crippen molar-refractivity contribution in [2.24, 2.45) is 5.92 Å². The Bertz CT molecular complexity index is 836. The van der Waals surface area contributed by atoms with Gasteiger partial charge in [0.15, 0.2) is 11.9 Å². The van der Waals surface area contributed by atoms with Gasteiger partial charge in [0.1, 0.15) is 11.7 Å². The third-order valence-electron chi connectivity index (χ3n) is 3.84. The highest BCUT2D eigenvalue weighted by Gasteiger charge is 2.43. The minimum absolute atomic E-state index is 0.0390. The fourth-order valence-electron chi connectivity index (χ4n) is 2.82. The van der Waals surface area contributed by atoms with Gasteiger partial charge in [-0.1, -0.05) is 24.3 Å². The normalized spacial score (nSPS) is 25.9. The van der Waals surface area contributed by atoms with Crippen LogP contribution in [0.15, 0.2) is 52.4 Å². The molecule has 0 bridgehead atoms. The van der Waals surface area contributed by atoms with Crippen molar-refractivity contribution in [3.8, 4) is 5.75 Å². The molecule has 106 valence electrons. The van der Waals surface area contributed by atoms with E-state index in [1.54, 1.807) is 30.5 Å². The maximum atomic E-state index is 12.6. The molecular formula is C16H11ClO4. The Hall–Kier alpha value is -2.20. The van der Waals surface area contributed by atoms with Crippen LogP contribution in [0.25, 0.3) is 11.0 Å². The molecule has 0 radical (unpaired) electrons. The number of ether oxygens (including phenoxy) is 2. The van der Waals surface area contributed by atoms with Gasteiger partial charge >= 0.3 is 0 Å². The zero-order valence-electron chi connectivity index (χ0n) is 10.9. The van der Waals surface area contributed by atoms with E-state index in [0.717, 1.165) is 0 Å². The molecule has 5 heteroatoms. The zero-order valence-corrected chi connectivity index (χ0v) is 11.7. The lowest BCUT2D eigenvalue weighted by Crippen LogP contribution is -2.34. The first-order valence-electron chi connectivity index (χ1n) is 6.56. The quantitative estimate of drug-likeness (QED) is 0.755. The molecule has 2 aliphatic heterocycles. The van der Waals surface area contributed by atoms with Gasteiger partial charge in [-0.2, -0.15) is 0 Å². The summed E-state index contributed by atoms with van der Waals surface area (Å²) >= 11 is 5.95. The molecule has 1 aromatic heterocycles. The Morgan fingerprint density at radius 3 is 3.00 bits per heavy atom. The molecule has 4 rings (SSSR count). The maximum absolute atomic E-state index is 12.6. The average Bonchev–Trinajstić information content (AvgIpc) is 2.97. The van der Waals surface area contributed by atoms with Gasteiger partial charge < -0.3 is 13.9 Å². The number of halogens is 1. The standard InChI is InChI=1S/C16H11ClO4/c1-2-11-9-5-6-19-14(9)16-15(20-11)13(18)10-7-8(17)3-4-12(10)21-16/h2-7,9,11,14H,1H2. The van der Waals surface area contributed by atoms with Crippen molar-refractivity contribution < 1.29 is 13.9 Å². The minimum atomic E-state index is -0.357.